The van der Waals surface area contributed by atoms with E-state index in [1.165, 1.54) is 43.6 Å². The summed E-state index contributed by atoms with van der Waals surface area (Å²) in [5, 5.41) is 2.06. The zero-order valence-corrected chi connectivity index (χ0v) is 12.1. The van der Waals surface area contributed by atoms with Gasteiger partial charge in [-0.1, -0.05) is 0 Å². The molecule has 0 aromatic carbocycles. The Morgan fingerprint density at radius 1 is 1.19 bits per heavy atom. The highest BCUT2D eigenvalue weighted by Crippen LogP contribution is 2.37. The zero-order chi connectivity index (χ0) is 11.4. The van der Waals surface area contributed by atoms with Gasteiger partial charge < -0.3 is 5.73 Å². The highest BCUT2D eigenvalue weighted by Gasteiger charge is 2.28. The van der Waals surface area contributed by atoms with Gasteiger partial charge in [-0.3, -0.25) is 0 Å². The molecule has 94 valence electrons. The molecule has 1 heterocycles. The van der Waals surface area contributed by atoms with Crippen molar-refractivity contribution in [3.05, 3.63) is 0 Å². The SMILES string of the molecule is NCC1SCCC1CSC1CCC(Cl)CC1. The van der Waals surface area contributed by atoms with Crippen LogP contribution in [0.25, 0.3) is 0 Å². The standard InChI is InChI=1S/C12H22ClNS2/c13-10-1-3-11(4-2-10)16-8-9-5-6-15-12(9)7-14/h9-12H,1-8,14H2. The predicted octanol–water partition coefficient (Wildman–Crippen LogP) is 3.35. The number of nitrogens with two attached hydrogens (primary N) is 1. The molecule has 0 radical (unpaired) electrons. The van der Waals surface area contributed by atoms with Crippen LogP contribution in [0.3, 0.4) is 0 Å². The van der Waals surface area contributed by atoms with Gasteiger partial charge in [-0.15, -0.1) is 11.6 Å². The Morgan fingerprint density at radius 3 is 2.62 bits per heavy atom. The van der Waals surface area contributed by atoms with Gasteiger partial charge in [0.1, 0.15) is 0 Å². The van der Waals surface area contributed by atoms with Crippen molar-refractivity contribution in [1.82, 2.24) is 0 Å². The van der Waals surface area contributed by atoms with Crippen LogP contribution in [-0.4, -0.2) is 33.9 Å². The van der Waals surface area contributed by atoms with Crippen LogP contribution < -0.4 is 5.73 Å². The molecule has 2 N–H and O–H groups in total. The third-order valence-corrected chi connectivity index (χ3v) is 7.21. The highest BCUT2D eigenvalue weighted by atomic mass is 35.5. The molecule has 0 spiro atoms. The molecule has 2 fully saturated rings. The molecule has 1 aliphatic heterocycles. The van der Waals surface area contributed by atoms with E-state index in [2.05, 4.69) is 23.5 Å². The summed E-state index contributed by atoms with van der Waals surface area (Å²) in [5.74, 6) is 3.52. The molecule has 2 rings (SSSR count). The zero-order valence-electron chi connectivity index (χ0n) is 9.74. The first-order valence-corrected chi connectivity index (χ1v) is 8.90. The molecule has 1 saturated heterocycles. The third-order valence-electron chi connectivity index (χ3n) is 3.73. The smallest absolute Gasteiger partial charge is 0.0336 e. The Balaban J connectivity index is 1.67. The second-order valence-electron chi connectivity index (χ2n) is 4.90. The lowest BCUT2D eigenvalue weighted by atomic mass is 10.00. The van der Waals surface area contributed by atoms with Crippen molar-refractivity contribution in [3.63, 3.8) is 0 Å². The molecular weight excluding hydrogens is 258 g/mol. The first kappa shape index (κ1) is 13.4. The Hall–Kier alpha value is 0.950. The van der Waals surface area contributed by atoms with Crippen molar-refractivity contribution in [2.24, 2.45) is 11.7 Å². The molecule has 0 aromatic rings. The van der Waals surface area contributed by atoms with E-state index in [9.17, 15) is 0 Å². The molecule has 16 heavy (non-hydrogen) atoms. The van der Waals surface area contributed by atoms with Crippen LogP contribution in [0.1, 0.15) is 32.1 Å². The van der Waals surface area contributed by atoms with Gasteiger partial charge in [0.25, 0.3) is 0 Å². The lowest BCUT2D eigenvalue weighted by Crippen LogP contribution is -2.25. The van der Waals surface area contributed by atoms with E-state index in [-0.39, 0.29) is 0 Å². The van der Waals surface area contributed by atoms with Crippen LogP contribution in [0.5, 0.6) is 0 Å². The molecule has 1 saturated carbocycles. The maximum atomic E-state index is 6.13. The van der Waals surface area contributed by atoms with Crippen LogP contribution in [0.15, 0.2) is 0 Å². The lowest BCUT2D eigenvalue weighted by molar-refractivity contribution is 0.518. The molecule has 4 heteroatoms. The monoisotopic (exact) mass is 279 g/mol. The van der Waals surface area contributed by atoms with Crippen LogP contribution >= 0.6 is 35.1 Å². The average molecular weight is 280 g/mol. The summed E-state index contributed by atoms with van der Waals surface area (Å²) < 4.78 is 0. The fraction of sp³-hybridized carbons (Fsp3) is 1.00. The molecule has 2 unspecified atom stereocenters. The summed E-state index contributed by atoms with van der Waals surface area (Å²) in [6.45, 7) is 0.865. The minimum Gasteiger partial charge on any atom is -0.329 e. The summed E-state index contributed by atoms with van der Waals surface area (Å²) >= 11 is 10.4. The number of rotatable bonds is 4. The molecular formula is C12H22ClNS2. The van der Waals surface area contributed by atoms with Gasteiger partial charge in [-0.2, -0.15) is 23.5 Å². The summed E-state index contributed by atoms with van der Waals surface area (Å²) in [4.78, 5) is 0. The number of hydrogen-bond acceptors (Lipinski definition) is 3. The van der Waals surface area contributed by atoms with Crippen LogP contribution in [0.2, 0.25) is 0 Å². The van der Waals surface area contributed by atoms with Crippen molar-refractivity contribution >= 4 is 35.1 Å². The minimum absolute atomic E-state index is 0.454. The van der Waals surface area contributed by atoms with Crippen molar-refractivity contribution in [2.45, 2.75) is 48.0 Å². The Bertz CT molecular complexity index is 207. The largest absolute Gasteiger partial charge is 0.329 e. The lowest BCUT2D eigenvalue weighted by Gasteiger charge is -2.26. The summed E-state index contributed by atoms with van der Waals surface area (Å²) in [5.41, 5.74) is 5.80. The normalized spacial score (nSPS) is 40.1. The molecule has 0 bridgehead atoms. The van der Waals surface area contributed by atoms with Crippen LogP contribution in [0, 0.1) is 5.92 Å². The highest BCUT2D eigenvalue weighted by molar-refractivity contribution is 8.01. The second-order valence-corrected chi connectivity index (χ2v) is 8.20. The maximum absolute atomic E-state index is 6.13. The Kier molecular flexibility index (Phi) is 5.66. The summed E-state index contributed by atoms with van der Waals surface area (Å²) in [6.07, 6.45) is 6.47. The van der Waals surface area contributed by atoms with E-state index in [1.807, 2.05) is 0 Å². The molecule has 2 atom stereocenters. The molecule has 0 amide bonds. The topological polar surface area (TPSA) is 26.0 Å². The predicted molar refractivity (Wildman–Crippen MR) is 77.8 cm³/mol. The van der Waals surface area contributed by atoms with Crippen molar-refractivity contribution < 1.29 is 0 Å². The number of hydrogen-bond donors (Lipinski definition) is 1. The van der Waals surface area contributed by atoms with Gasteiger partial charge >= 0.3 is 0 Å². The van der Waals surface area contributed by atoms with Gasteiger partial charge in [0.2, 0.25) is 0 Å². The van der Waals surface area contributed by atoms with E-state index < -0.39 is 0 Å². The molecule has 0 aromatic heterocycles. The van der Waals surface area contributed by atoms with Gasteiger partial charge in [0.05, 0.1) is 0 Å². The molecule has 2 aliphatic rings. The third kappa shape index (κ3) is 3.72. The molecule has 1 aliphatic carbocycles. The fourth-order valence-corrected chi connectivity index (χ4v) is 5.87. The quantitative estimate of drug-likeness (QED) is 0.800. The Labute approximate surface area is 113 Å². The van der Waals surface area contributed by atoms with Gasteiger partial charge in [0, 0.05) is 22.4 Å². The van der Waals surface area contributed by atoms with E-state index in [1.54, 1.807) is 0 Å². The van der Waals surface area contributed by atoms with Gasteiger partial charge in [-0.05, 0) is 49.5 Å². The number of alkyl halides is 1. The first-order valence-electron chi connectivity index (χ1n) is 6.37. The minimum atomic E-state index is 0.454. The second kappa shape index (κ2) is 6.77. The van der Waals surface area contributed by atoms with E-state index in [4.69, 9.17) is 17.3 Å². The van der Waals surface area contributed by atoms with Gasteiger partial charge in [0.15, 0.2) is 0 Å². The van der Waals surface area contributed by atoms with Gasteiger partial charge in [-0.25, -0.2) is 0 Å². The Morgan fingerprint density at radius 2 is 1.94 bits per heavy atom. The van der Waals surface area contributed by atoms with Crippen molar-refractivity contribution in [2.75, 3.05) is 18.1 Å². The van der Waals surface area contributed by atoms with E-state index in [0.717, 1.165) is 23.0 Å². The van der Waals surface area contributed by atoms with Crippen molar-refractivity contribution in [1.29, 1.82) is 0 Å². The maximum Gasteiger partial charge on any atom is 0.0336 e. The van der Waals surface area contributed by atoms with Crippen molar-refractivity contribution in [3.8, 4) is 0 Å². The summed E-state index contributed by atoms with van der Waals surface area (Å²) in [7, 11) is 0. The van der Waals surface area contributed by atoms with E-state index in [0.29, 0.717) is 5.38 Å². The number of thioether (sulfide) groups is 2. The summed E-state index contributed by atoms with van der Waals surface area (Å²) in [6, 6.07) is 0. The number of halogens is 1. The van der Waals surface area contributed by atoms with Crippen LogP contribution in [-0.2, 0) is 0 Å². The average Bonchev–Trinajstić information content (AvgIpc) is 2.76. The van der Waals surface area contributed by atoms with E-state index >= 15 is 0 Å². The first-order chi connectivity index (χ1) is 7.79. The van der Waals surface area contributed by atoms with Crippen LogP contribution in [0.4, 0.5) is 0 Å². The fourth-order valence-electron chi connectivity index (χ4n) is 2.59. The molecule has 1 nitrogen and oxygen atoms in total.